The van der Waals surface area contributed by atoms with Gasteiger partial charge in [-0.2, -0.15) is 0 Å². The zero-order valence-corrected chi connectivity index (χ0v) is 14.4. The van der Waals surface area contributed by atoms with Gasteiger partial charge in [0.2, 0.25) is 0 Å². The van der Waals surface area contributed by atoms with Crippen LogP contribution in [0.25, 0.3) is 11.0 Å². The van der Waals surface area contributed by atoms with E-state index in [1.165, 1.54) is 6.42 Å². The number of nitrogens with one attached hydrogen (secondary N) is 1. The van der Waals surface area contributed by atoms with Gasteiger partial charge in [-0.1, -0.05) is 39.8 Å². The van der Waals surface area contributed by atoms with Gasteiger partial charge in [-0.15, -0.1) is 0 Å². The smallest absolute Gasteiger partial charge is 0.148 e. The lowest BCUT2D eigenvalue weighted by Gasteiger charge is -2.22. The quantitative estimate of drug-likeness (QED) is 0.759. The number of hydrogen-bond acceptors (Lipinski definition) is 2. The Labute approximate surface area is 130 Å². The van der Waals surface area contributed by atoms with Crippen molar-refractivity contribution in [1.82, 2.24) is 5.32 Å². The Kier molecular flexibility index (Phi) is 4.92. The fourth-order valence-electron chi connectivity index (χ4n) is 2.39. The minimum atomic E-state index is 0.290. The topological polar surface area (TPSA) is 25.2 Å². The van der Waals surface area contributed by atoms with Crippen molar-refractivity contribution in [2.45, 2.75) is 46.6 Å². The average Bonchev–Trinajstić information content (AvgIpc) is 2.78. The van der Waals surface area contributed by atoms with Crippen molar-refractivity contribution in [3.63, 3.8) is 0 Å². The van der Waals surface area contributed by atoms with Crippen molar-refractivity contribution in [2.75, 3.05) is 6.54 Å². The van der Waals surface area contributed by atoms with Gasteiger partial charge in [0.25, 0.3) is 0 Å². The molecule has 0 saturated heterocycles. The minimum Gasteiger partial charge on any atom is -0.458 e. The van der Waals surface area contributed by atoms with Gasteiger partial charge >= 0.3 is 0 Å². The van der Waals surface area contributed by atoms with E-state index in [1.807, 2.05) is 12.1 Å². The summed E-state index contributed by atoms with van der Waals surface area (Å²) in [5.41, 5.74) is 1.29. The molecule has 1 heterocycles. The first kappa shape index (κ1) is 15.6. The second-order valence-electron chi connectivity index (χ2n) is 6.52. The van der Waals surface area contributed by atoms with E-state index < -0.39 is 0 Å². The molecule has 0 radical (unpaired) electrons. The number of furan rings is 1. The van der Waals surface area contributed by atoms with Gasteiger partial charge in [0.1, 0.15) is 11.3 Å². The molecule has 0 bridgehead atoms. The molecule has 20 heavy (non-hydrogen) atoms. The molecule has 0 amide bonds. The molecule has 1 atom stereocenters. The molecule has 1 aromatic heterocycles. The van der Waals surface area contributed by atoms with Gasteiger partial charge in [0.05, 0.1) is 10.5 Å². The maximum atomic E-state index is 6.07. The number of para-hydroxylation sites is 1. The molecule has 0 aliphatic rings. The molecule has 0 saturated carbocycles. The monoisotopic (exact) mass is 337 g/mol. The van der Waals surface area contributed by atoms with E-state index in [-0.39, 0.29) is 0 Å². The van der Waals surface area contributed by atoms with Crippen LogP contribution in [0.3, 0.4) is 0 Å². The lowest BCUT2D eigenvalue weighted by Crippen LogP contribution is -2.22. The highest BCUT2D eigenvalue weighted by Gasteiger charge is 2.19. The third-order valence-electron chi connectivity index (χ3n) is 3.49. The van der Waals surface area contributed by atoms with Crippen LogP contribution in [0.2, 0.25) is 0 Å². The van der Waals surface area contributed by atoms with Crippen LogP contribution in [0.15, 0.2) is 33.2 Å². The lowest BCUT2D eigenvalue weighted by molar-refractivity contribution is 0.316. The van der Waals surface area contributed by atoms with E-state index in [9.17, 15) is 0 Å². The third-order valence-corrected chi connectivity index (χ3v) is 4.12. The highest BCUT2D eigenvalue weighted by Crippen LogP contribution is 2.33. The molecule has 2 rings (SSSR count). The first-order valence-corrected chi connectivity index (χ1v) is 8.11. The normalized spacial score (nSPS) is 13.8. The average molecular weight is 338 g/mol. The number of benzene rings is 1. The van der Waals surface area contributed by atoms with Gasteiger partial charge in [-0.25, -0.2) is 0 Å². The predicted octanol–water partition coefficient (Wildman–Crippen LogP) is 5.67. The standard InChI is InChI=1S/C17H24BrNO/c1-5-19-14(9-10-17(2,3)4)15-11-12-7-6-8-13(18)16(12)20-15/h6-8,11,14,19H,5,9-10H2,1-4H3. The summed E-state index contributed by atoms with van der Waals surface area (Å²) in [6.45, 7) is 9.94. The summed E-state index contributed by atoms with van der Waals surface area (Å²) in [4.78, 5) is 0. The van der Waals surface area contributed by atoms with Crippen molar-refractivity contribution in [2.24, 2.45) is 5.41 Å². The zero-order chi connectivity index (χ0) is 14.8. The van der Waals surface area contributed by atoms with Crippen molar-refractivity contribution in [3.8, 4) is 0 Å². The summed E-state index contributed by atoms with van der Waals surface area (Å²) in [7, 11) is 0. The number of hydrogen-bond donors (Lipinski definition) is 1. The summed E-state index contributed by atoms with van der Waals surface area (Å²) in [5, 5.41) is 4.70. The zero-order valence-electron chi connectivity index (χ0n) is 12.8. The fraction of sp³-hybridized carbons (Fsp3) is 0.529. The molecule has 0 fully saturated rings. The minimum absolute atomic E-state index is 0.290. The molecular formula is C17H24BrNO. The molecule has 2 nitrogen and oxygen atoms in total. The Morgan fingerprint density at radius 1 is 1.30 bits per heavy atom. The van der Waals surface area contributed by atoms with Crippen LogP contribution in [0.5, 0.6) is 0 Å². The van der Waals surface area contributed by atoms with Crippen LogP contribution in [-0.4, -0.2) is 6.54 Å². The molecule has 2 aromatic rings. The highest BCUT2D eigenvalue weighted by atomic mass is 79.9. The Morgan fingerprint density at radius 3 is 2.65 bits per heavy atom. The first-order chi connectivity index (χ1) is 9.40. The molecule has 1 N–H and O–H groups in total. The summed E-state index contributed by atoms with van der Waals surface area (Å²) in [5.74, 6) is 1.04. The number of fused-ring (bicyclic) bond motifs is 1. The van der Waals surface area contributed by atoms with Crippen molar-refractivity contribution in [3.05, 3.63) is 34.5 Å². The van der Waals surface area contributed by atoms with Gasteiger partial charge in [-0.05, 0) is 52.9 Å². The van der Waals surface area contributed by atoms with Crippen LogP contribution in [-0.2, 0) is 0 Å². The fourth-order valence-corrected chi connectivity index (χ4v) is 2.85. The lowest BCUT2D eigenvalue weighted by atomic mass is 9.88. The Hall–Kier alpha value is -0.800. The maximum absolute atomic E-state index is 6.07. The molecule has 110 valence electrons. The summed E-state index contributed by atoms with van der Waals surface area (Å²) in [6, 6.07) is 8.62. The second kappa shape index (κ2) is 6.31. The van der Waals surface area contributed by atoms with Gasteiger partial charge < -0.3 is 9.73 Å². The van der Waals surface area contributed by atoms with E-state index >= 15 is 0 Å². The predicted molar refractivity (Wildman–Crippen MR) is 89.0 cm³/mol. The van der Waals surface area contributed by atoms with Crippen molar-refractivity contribution < 1.29 is 4.42 Å². The SMILES string of the molecule is CCNC(CCC(C)(C)C)c1cc2cccc(Br)c2o1. The van der Waals surface area contributed by atoms with E-state index in [2.05, 4.69) is 61.1 Å². The van der Waals surface area contributed by atoms with Crippen LogP contribution in [0.1, 0.15) is 52.3 Å². The van der Waals surface area contributed by atoms with Crippen molar-refractivity contribution >= 4 is 26.9 Å². The van der Waals surface area contributed by atoms with Gasteiger partial charge in [0, 0.05) is 5.39 Å². The second-order valence-corrected chi connectivity index (χ2v) is 7.37. The molecule has 0 aliphatic heterocycles. The van der Waals surface area contributed by atoms with Gasteiger partial charge in [-0.3, -0.25) is 0 Å². The van der Waals surface area contributed by atoms with Crippen LogP contribution < -0.4 is 5.32 Å². The number of halogens is 1. The molecule has 3 heteroatoms. The maximum Gasteiger partial charge on any atom is 0.148 e. The third kappa shape index (κ3) is 3.86. The Balaban J connectivity index is 2.24. The largest absolute Gasteiger partial charge is 0.458 e. The molecule has 1 aromatic carbocycles. The Morgan fingerprint density at radius 2 is 2.05 bits per heavy atom. The summed E-state index contributed by atoms with van der Waals surface area (Å²) < 4.78 is 7.09. The van der Waals surface area contributed by atoms with Crippen molar-refractivity contribution in [1.29, 1.82) is 0 Å². The first-order valence-electron chi connectivity index (χ1n) is 7.32. The number of rotatable bonds is 5. The van der Waals surface area contributed by atoms with E-state index in [0.29, 0.717) is 11.5 Å². The molecule has 1 unspecified atom stereocenters. The van der Waals surface area contributed by atoms with E-state index in [1.54, 1.807) is 0 Å². The van der Waals surface area contributed by atoms with E-state index in [0.717, 1.165) is 34.2 Å². The molecular weight excluding hydrogens is 314 g/mol. The van der Waals surface area contributed by atoms with Crippen LogP contribution in [0, 0.1) is 5.41 Å². The molecule has 0 spiro atoms. The summed E-state index contributed by atoms with van der Waals surface area (Å²) in [6.07, 6.45) is 2.26. The van der Waals surface area contributed by atoms with Crippen LogP contribution in [0.4, 0.5) is 0 Å². The Bertz CT molecular complexity index is 568. The molecule has 0 aliphatic carbocycles. The highest BCUT2D eigenvalue weighted by molar-refractivity contribution is 9.10. The van der Waals surface area contributed by atoms with Crippen LogP contribution >= 0.6 is 15.9 Å². The van der Waals surface area contributed by atoms with Gasteiger partial charge in [0.15, 0.2) is 0 Å². The van der Waals surface area contributed by atoms with E-state index in [4.69, 9.17) is 4.42 Å². The summed E-state index contributed by atoms with van der Waals surface area (Å²) >= 11 is 3.55.